The molecule has 2 heterocycles. The van der Waals surface area contributed by atoms with E-state index in [-0.39, 0.29) is 0 Å². The van der Waals surface area contributed by atoms with Gasteiger partial charge in [-0.15, -0.1) is 0 Å². The number of aromatic nitrogens is 3. The topological polar surface area (TPSA) is 55.9 Å². The molecule has 17 heavy (non-hydrogen) atoms. The molecule has 0 amide bonds. The quantitative estimate of drug-likeness (QED) is 0.825. The molecule has 0 fully saturated rings. The smallest absolute Gasteiger partial charge is 0.140 e. The first-order chi connectivity index (χ1) is 8.29. The highest BCUT2D eigenvalue weighted by Crippen LogP contribution is 2.04. The maximum atomic E-state index is 5.31. The maximum Gasteiger partial charge on any atom is 0.140 e. The van der Waals surface area contributed by atoms with Gasteiger partial charge < -0.3 is 9.73 Å². The van der Waals surface area contributed by atoms with Crippen molar-refractivity contribution in [3.05, 3.63) is 36.3 Å². The third kappa shape index (κ3) is 3.17. The highest BCUT2D eigenvalue weighted by Gasteiger charge is 2.07. The lowest BCUT2D eigenvalue weighted by Crippen LogP contribution is -2.28. The van der Waals surface area contributed by atoms with Gasteiger partial charge in [-0.2, -0.15) is 5.10 Å². The van der Waals surface area contributed by atoms with Gasteiger partial charge >= 0.3 is 0 Å². The summed E-state index contributed by atoms with van der Waals surface area (Å²) in [6, 6.07) is 4.26. The standard InChI is InChI=1S/C12H18N4O/c1-3-16-12(14-9-15-16)8-13-10(2)7-11-5-4-6-17-11/h4-6,9-10,13H,3,7-8H2,1-2H3. The second-order valence-electron chi connectivity index (χ2n) is 4.06. The average Bonchev–Trinajstić information content (AvgIpc) is 2.96. The van der Waals surface area contributed by atoms with E-state index in [4.69, 9.17) is 4.42 Å². The largest absolute Gasteiger partial charge is 0.469 e. The van der Waals surface area contributed by atoms with E-state index in [0.29, 0.717) is 6.04 Å². The molecule has 5 heteroatoms. The number of furan rings is 1. The summed E-state index contributed by atoms with van der Waals surface area (Å²) in [5, 5.41) is 7.55. The van der Waals surface area contributed by atoms with Crippen LogP contribution in [0.15, 0.2) is 29.1 Å². The second-order valence-corrected chi connectivity index (χ2v) is 4.06. The first kappa shape index (κ1) is 11.9. The minimum absolute atomic E-state index is 0.350. The van der Waals surface area contributed by atoms with Crippen molar-refractivity contribution in [3.63, 3.8) is 0 Å². The molecule has 92 valence electrons. The van der Waals surface area contributed by atoms with E-state index in [2.05, 4.69) is 29.2 Å². The molecule has 0 aliphatic carbocycles. The summed E-state index contributed by atoms with van der Waals surface area (Å²) in [4.78, 5) is 4.22. The molecule has 0 aliphatic rings. The Balaban J connectivity index is 1.82. The Morgan fingerprint density at radius 3 is 3.12 bits per heavy atom. The summed E-state index contributed by atoms with van der Waals surface area (Å²) in [7, 11) is 0. The Morgan fingerprint density at radius 2 is 2.41 bits per heavy atom. The highest BCUT2D eigenvalue weighted by atomic mass is 16.3. The van der Waals surface area contributed by atoms with Gasteiger partial charge in [-0.25, -0.2) is 9.67 Å². The molecule has 0 bridgehead atoms. The van der Waals surface area contributed by atoms with Crippen LogP contribution in [0.1, 0.15) is 25.4 Å². The Bertz CT molecular complexity index is 435. The fourth-order valence-corrected chi connectivity index (χ4v) is 1.76. The SMILES string of the molecule is CCn1ncnc1CNC(C)Cc1ccco1. The molecular formula is C12H18N4O. The van der Waals surface area contributed by atoms with Crippen LogP contribution < -0.4 is 5.32 Å². The van der Waals surface area contributed by atoms with Crippen LogP contribution in [0.25, 0.3) is 0 Å². The Morgan fingerprint density at radius 1 is 1.53 bits per heavy atom. The van der Waals surface area contributed by atoms with Gasteiger partial charge in [0.1, 0.15) is 17.9 Å². The van der Waals surface area contributed by atoms with Gasteiger partial charge in [0.15, 0.2) is 0 Å². The van der Waals surface area contributed by atoms with Gasteiger partial charge in [-0.3, -0.25) is 0 Å². The van der Waals surface area contributed by atoms with Crippen LogP contribution in [0, 0.1) is 0 Å². The molecule has 5 nitrogen and oxygen atoms in total. The van der Waals surface area contributed by atoms with Crippen LogP contribution in [0.2, 0.25) is 0 Å². The molecule has 0 aromatic carbocycles. The molecule has 1 N–H and O–H groups in total. The van der Waals surface area contributed by atoms with Gasteiger partial charge in [-0.1, -0.05) is 0 Å². The van der Waals surface area contributed by atoms with Crippen molar-refractivity contribution in [3.8, 4) is 0 Å². The number of hydrogen-bond acceptors (Lipinski definition) is 4. The van der Waals surface area contributed by atoms with Gasteiger partial charge in [0.25, 0.3) is 0 Å². The van der Waals surface area contributed by atoms with Crippen LogP contribution in [-0.2, 0) is 19.5 Å². The third-order valence-electron chi connectivity index (χ3n) is 2.69. The van der Waals surface area contributed by atoms with Crippen LogP contribution in [0.5, 0.6) is 0 Å². The van der Waals surface area contributed by atoms with E-state index in [1.54, 1.807) is 12.6 Å². The Kier molecular flexibility index (Phi) is 3.93. The van der Waals surface area contributed by atoms with Crippen LogP contribution >= 0.6 is 0 Å². The Labute approximate surface area is 101 Å². The van der Waals surface area contributed by atoms with Crippen molar-refractivity contribution in [1.82, 2.24) is 20.1 Å². The van der Waals surface area contributed by atoms with Crippen molar-refractivity contribution < 1.29 is 4.42 Å². The molecule has 0 aliphatic heterocycles. The fourth-order valence-electron chi connectivity index (χ4n) is 1.76. The predicted molar refractivity (Wildman–Crippen MR) is 64.4 cm³/mol. The highest BCUT2D eigenvalue weighted by molar-refractivity contribution is 5.00. The van der Waals surface area contributed by atoms with Crippen molar-refractivity contribution in [2.24, 2.45) is 0 Å². The summed E-state index contributed by atoms with van der Waals surface area (Å²) in [6.07, 6.45) is 4.18. The normalized spacial score (nSPS) is 12.8. The number of aryl methyl sites for hydroxylation is 1. The number of rotatable bonds is 6. The summed E-state index contributed by atoms with van der Waals surface area (Å²) in [5.41, 5.74) is 0. The molecule has 2 aromatic rings. The van der Waals surface area contributed by atoms with Crippen LogP contribution in [0.4, 0.5) is 0 Å². The first-order valence-electron chi connectivity index (χ1n) is 5.92. The number of hydrogen-bond donors (Lipinski definition) is 1. The van der Waals surface area contributed by atoms with E-state index in [9.17, 15) is 0 Å². The van der Waals surface area contributed by atoms with E-state index >= 15 is 0 Å². The second kappa shape index (κ2) is 5.63. The van der Waals surface area contributed by atoms with Gasteiger partial charge in [0, 0.05) is 19.0 Å². The first-order valence-corrected chi connectivity index (χ1v) is 5.92. The zero-order valence-corrected chi connectivity index (χ0v) is 10.3. The van der Waals surface area contributed by atoms with Crippen molar-refractivity contribution in [2.45, 2.75) is 39.4 Å². The lowest BCUT2D eigenvalue weighted by molar-refractivity contribution is 0.447. The third-order valence-corrected chi connectivity index (χ3v) is 2.69. The predicted octanol–water partition coefficient (Wildman–Crippen LogP) is 1.61. The number of nitrogens with zero attached hydrogens (tertiary/aromatic N) is 3. The Hall–Kier alpha value is -1.62. The maximum absolute atomic E-state index is 5.31. The molecular weight excluding hydrogens is 216 g/mol. The van der Waals surface area contributed by atoms with E-state index in [1.165, 1.54) is 0 Å². The minimum Gasteiger partial charge on any atom is -0.469 e. The van der Waals surface area contributed by atoms with Crippen molar-refractivity contribution >= 4 is 0 Å². The number of nitrogens with one attached hydrogen (secondary N) is 1. The molecule has 0 spiro atoms. The van der Waals surface area contributed by atoms with Gasteiger partial charge in [-0.05, 0) is 26.0 Å². The van der Waals surface area contributed by atoms with Crippen molar-refractivity contribution in [1.29, 1.82) is 0 Å². The summed E-state index contributed by atoms with van der Waals surface area (Å²) < 4.78 is 7.21. The van der Waals surface area contributed by atoms with E-state index in [1.807, 2.05) is 16.8 Å². The summed E-state index contributed by atoms with van der Waals surface area (Å²) in [6.45, 7) is 5.78. The molecule has 0 saturated carbocycles. The molecule has 1 unspecified atom stereocenters. The van der Waals surface area contributed by atoms with Crippen LogP contribution in [0.3, 0.4) is 0 Å². The molecule has 2 rings (SSSR count). The van der Waals surface area contributed by atoms with E-state index in [0.717, 1.165) is 31.1 Å². The van der Waals surface area contributed by atoms with Crippen molar-refractivity contribution in [2.75, 3.05) is 0 Å². The monoisotopic (exact) mass is 234 g/mol. The fraction of sp³-hybridized carbons (Fsp3) is 0.500. The van der Waals surface area contributed by atoms with Gasteiger partial charge in [0.2, 0.25) is 0 Å². The molecule has 0 saturated heterocycles. The van der Waals surface area contributed by atoms with E-state index < -0.39 is 0 Å². The lowest BCUT2D eigenvalue weighted by atomic mass is 10.2. The zero-order valence-electron chi connectivity index (χ0n) is 10.3. The zero-order chi connectivity index (χ0) is 12.1. The average molecular weight is 234 g/mol. The minimum atomic E-state index is 0.350. The molecule has 2 aromatic heterocycles. The summed E-state index contributed by atoms with van der Waals surface area (Å²) >= 11 is 0. The van der Waals surface area contributed by atoms with Crippen LogP contribution in [-0.4, -0.2) is 20.8 Å². The summed E-state index contributed by atoms with van der Waals surface area (Å²) in [5.74, 6) is 1.97. The lowest BCUT2D eigenvalue weighted by Gasteiger charge is -2.12. The molecule has 1 atom stereocenters. The molecule has 0 radical (unpaired) electrons. The van der Waals surface area contributed by atoms with Gasteiger partial charge in [0.05, 0.1) is 12.8 Å².